The van der Waals surface area contributed by atoms with Gasteiger partial charge in [-0.3, -0.25) is 4.90 Å². The molecule has 1 heterocycles. The van der Waals surface area contributed by atoms with Gasteiger partial charge in [0.15, 0.2) is 0 Å². The Balaban J connectivity index is 2.64. The van der Waals surface area contributed by atoms with Crippen LogP contribution in [0.2, 0.25) is 0 Å². The number of carbonyl (C=O) groups excluding carboxylic acids is 1. The highest BCUT2D eigenvalue weighted by atomic mass is 16.6. The van der Waals surface area contributed by atoms with Gasteiger partial charge in [0.2, 0.25) is 0 Å². The Morgan fingerprint density at radius 2 is 2.05 bits per heavy atom. The largest absolute Gasteiger partial charge is 0.480 e. The fraction of sp³-hybridized carbons (Fsp3) is 0.733. The molecule has 1 saturated heterocycles. The van der Waals surface area contributed by atoms with Crippen LogP contribution >= 0.6 is 0 Å². The summed E-state index contributed by atoms with van der Waals surface area (Å²) in [6, 6.07) is -0.891. The van der Waals surface area contributed by atoms with Crippen molar-refractivity contribution in [1.82, 2.24) is 4.90 Å². The summed E-state index contributed by atoms with van der Waals surface area (Å²) in [5, 5.41) is 9.20. The van der Waals surface area contributed by atoms with Gasteiger partial charge in [0.05, 0.1) is 6.61 Å². The van der Waals surface area contributed by atoms with Gasteiger partial charge in [-0.05, 0) is 31.1 Å². The molecule has 0 radical (unpaired) electrons. The van der Waals surface area contributed by atoms with Crippen LogP contribution in [0.3, 0.4) is 0 Å². The number of ether oxygens (including phenoxy) is 1. The van der Waals surface area contributed by atoms with Crippen LogP contribution in [-0.2, 0) is 9.53 Å². The molecule has 1 fully saturated rings. The lowest BCUT2D eigenvalue weighted by Crippen LogP contribution is -2.45. The van der Waals surface area contributed by atoms with Crippen molar-refractivity contribution < 1.29 is 19.4 Å². The van der Waals surface area contributed by atoms with Crippen molar-refractivity contribution in [1.29, 1.82) is 0 Å². The van der Waals surface area contributed by atoms with Gasteiger partial charge in [0.1, 0.15) is 6.04 Å². The van der Waals surface area contributed by atoms with E-state index in [-0.39, 0.29) is 11.5 Å². The normalized spacial score (nSPS) is 22.6. The maximum absolute atomic E-state index is 12.1. The van der Waals surface area contributed by atoms with E-state index in [1.54, 1.807) is 6.08 Å². The van der Waals surface area contributed by atoms with Crippen LogP contribution in [0.25, 0.3) is 0 Å². The molecule has 5 heteroatoms. The van der Waals surface area contributed by atoms with Crippen LogP contribution in [0.5, 0.6) is 0 Å². The lowest BCUT2D eigenvalue weighted by atomic mass is 9.93. The molecule has 0 aromatic rings. The number of nitrogens with zero attached hydrogens (tertiary/aromatic N) is 1. The average Bonchev–Trinajstić information content (AvgIpc) is 2.71. The van der Waals surface area contributed by atoms with Gasteiger partial charge in [0, 0.05) is 6.04 Å². The molecule has 1 N–H and O–H groups in total. The zero-order chi connectivity index (χ0) is 15.3. The predicted octanol–water partition coefficient (Wildman–Crippen LogP) is 3.05. The monoisotopic (exact) mass is 283 g/mol. The lowest BCUT2D eigenvalue weighted by molar-refractivity contribution is -0.142. The van der Waals surface area contributed by atoms with Crippen LogP contribution in [0, 0.1) is 5.41 Å². The Kier molecular flexibility index (Phi) is 5.60. The van der Waals surface area contributed by atoms with Crippen molar-refractivity contribution in [2.75, 3.05) is 6.61 Å². The van der Waals surface area contributed by atoms with Gasteiger partial charge in [0.25, 0.3) is 0 Å². The average molecular weight is 283 g/mol. The fourth-order valence-corrected chi connectivity index (χ4v) is 2.34. The molecule has 0 saturated carbocycles. The molecule has 0 unspecified atom stereocenters. The second-order valence-corrected chi connectivity index (χ2v) is 6.44. The van der Waals surface area contributed by atoms with E-state index in [9.17, 15) is 14.7 Å². The molecule has 1 aliphatic heterocycles. The highest BCUT2D eigenvalue weighted by molar-refractivity contribution is 5.81. The van der Waals surface area contributed by atoms with Crippen LogP contribution in [0.15, 0.2) is 12.7 Å². The van der Waals surface area contributed by atoms with Crippen LogP contribution < -0.4 is 0 Å². The van der Waals surface area contributed by atoms with E-state index in [4.69, 9.17) is 4.74 Å². The van der Waals surface area contributed by atoms with Gasteiger partial charge in [-0.2, -0.15) is 0 Å². The van der Waals surface area contributed by atoms with E-state index >= 15 is 0 Å². The number of hydrogen-bond acceptors (Lipinski definition) is 3. The van der Waals surface area contributed by atoms with E-state index in [2.05, 4.69) is 27.4 Å². The van der Waals surface area contributed by atoms with E-state index < -0.39 is 18.1 Å². The van der Waals surface area contributed by atoms with Crippen molar-refractivity contribution in [3.05, 3.63) is 12.7 Å². The van der Waals surface area contributed by atoms with Gasteiger partial charge in [-0.15, -0.1) is 6.58 Å². The zero-order valence-corrected chi connectivity index (χ0v) is 12.6. The summed E-state index contributed by atoms with van der Waals surface area (Å²) in [6.45, 7) is 10.2. The zero-order valence-electron chi connectivity index (χ0n) is 12.6. The van der Waals surface area contributed by atoms with Gasteiger partial charge < -0.3 is 9.84 Å². The third kappa shape index (κ3) is 4.54. The van der Waals surface area contributed by atoms with Crippen molar-refractivity contribution in [3.63, 3.8) is 0 Å². The van der Waals surface area contributed by atoms with E-state index in [1.807, 2.05) is 0 Å². The molecule has 20 heavy (non-hydrogen) atoms. The van der Waals surface area contributed by atoms with Crippen molar-refractivity contribution >= 4 is 12.1 Å². The summed E-state index contributed by atoms with van der Waals surface area (Å²) in [4.78, 5) is 24.7. The van der Waals surface area contributed by atoms with Crippen LogP contribution in [0.4, 0.5) is 4.79 Å². The van der Waals surface area contributed by atoms with Gasteiger partial charge >= 0.3 is 12.1 Å². The molecule has 0 spiro atoms. The Morgan fingerprint density at radius 3 is 2.55 bits per heavy atom. The quantitative estimate of drug-likeness (QED) is 0.787. The first kappa shape index (κ1) is 16.5. The van der Waals surface area contributed by atoms with Gasteiger partial charge in [-0.25, -0.2) is 9.59 Å². The lowest BCUT2D eigenvalue weighted by Gasteiger charge is -2.27. The standard InChI is InChI=1S/C15H25NO4/c1-5-6-11-7-8-12(13(17)18)16(11)14(19)20-10-9-15(2,3)4/h5,11-12H,1,6-10H2,2-4H3,(H,17,18)/t11-,12-/m0/s1. The molecule has 0 aromatic heterocycles. The Morgan fingerprint density at radius 1 is 1.40 bits per heavy atom. The Hall–Kier alpha value is -1.52. The number of carbonyl (C=O) groups is 2. The third-order valence-electron chi connectivity index (χ3n) is 3.51. The summed E-state index contributed by atoms with van der Waals surface area (Å²) in [6.07, 6.45) is 3.68. The first-order chi connectivity index (χ1) is 9.26. The second-order valence-electron chi connectivity index (χ2n) is 6.44. The molecular weight excluding hydrogens is 258 g/mol. The summed E-state index contributed by atoms with van der Waals surface area (Å²) < 4.78 is 5.25. The van der Waals surface area contributed by atoms with Gasteiger partial charge in [-0.1, -0.05) is 26.8 Å². The first-order valence-electron chi connectivity index (χ1n) is 7.05. The molecule has 2 atom stereocenters. The van der Waals surface area contributed by atoms with Crippen molar-refractivity contribution in [3.8, 4) is 0 Å². The van der Waals surface area contributed by atoms with Crippen molar-refractivity contribution in [2.45, 2.75) is 58.5 Å². The minimum Gasteiger partial charge on any atom is -0.480 e. The molecular formula is C15H25NO4. The Bertz CT molecular complexity index is 373. The fourth-order valence-electron chi connectivity index (χ4n) is 2.34. The number of likely N-dealkylation sites (tertiary alicyclic amines) is 1. The number of hydrogen-bond donors (Lipinski definition) is 1. The predicted molar refractivity (Wildman–Crippen MR) is 76.5 cm³/mol. The molecule has 1 aliphatic rings. The van der Waals surface area contributed by atoms with E-state index in [0.29, 0.717) is 25.9 Å². The molecule has 1 rings (SSSR count). The SMILES string of the molecule is C=CC[C@H]1CC[C@@H](C(=O)O)N1C(=O)OCCC(C)(C)C. The number of aliphatic carboxylic acids is 1. The summed E-state index contributed by atoms with van der Waals surface area (Å²) in [5.74, 6) is -0.968. The maximum atomic E-state index is 12.1. The Labute approximate surface area is 120 Å². The topological polar surface area (TPSA) is 66.8 Å². The van der Waals surface area contributed by atoms with Crippen molar-refractivity contribution in [2.24, 2.45) is 5.41 Å². The third-order valence-corrected chi connectivity index (χ3v) is 3.51. The molecule has 114 valence electrons. The highest BCUT2D eigenvalue weighted by Crippen LogP contribution is 2.28. The maximum Gasteiger partial charge on any atom is 0.410 e. The number of carboxylic acids is 1. The van der Waals surface area contributed by atoms with Crippen LogP contribution in [-0.4, -0.2) is 40.8 Å². The summed E-state index contributed by atoms with van der Waals surface area (Å²) in [5.41, 5.74) is 0.0814. The number of rotatable bonds is 5. The second kappa shape index (κ2) is 6.77. The van der Waals surface area contributed by atoms with E-state index in [1.165, 1.54) is 4.90 Å². The highest BCUT2D eigenvalue weighted by Gasteiger charge is 2.41. The summed E-state index contributed by atoms with van der Waals surface area (Å²) >= 11 is 0. The smallest absolute Gasteiger partial charge is 0.410 e. The number of amides is 1. The number of carboxylic acid groups (broad SMARTS) is 1. The first-order valence-corrected chi connectivity index (χ1v) is 7.05. The molecule has 0 bridgehead atoms. The van der Waals surface area contributed by atoms with E-state index in [0.717, 1.165) is 6.42 Å². The summed E-state index contributed by atoms with van der Waals surface area (Å²) in [7, 11) is 0. The van der Waals surface area contributed by atoms with Crippen LogP contribution in [0.1, 0.15) is 46.5 Å². The molecule has 0 aliphatic carbocycles. The molecule has 0 aromatic carbocycles. The minimum atomic E-state index is -0.968. The molecule has 1 amide bonds. The molecule has 5 nitrogen and oxygen atoms in total. The minimum absolute atomic E-state index is 0.0814.